The van der Waals surface area contributed by atoms with E-state index in [2.05, 4.69) is 4.98 Å². The fourth-order valence-electron chi connectivity index (χ4n) is 2.73. The van der Waals surface area contributed by atoms with Gasteiger partial charge in [-0.05, 0) is 25.0 Å². The summed E-state index contributed by atoms with van der Waals surface area (Å²) in [5.41, 5.74) is 1.54. The Bertz CT molecular complexity index is 648. The maximum absolute atomic E-state index is 13.3. The Morgan fingerprint density at radius 2 is 2.00 bits per heavy atom. The van der Waals surface area contributed by atoms with E-state index in [1.807, 2.05) is 16.3 Å². The third kappa shape index (κ3) is 3.71. The first-order chi connectivity index (χ1) is 10.7. The van der Waals surface area contributed by atoms with E-state index in [0.29, 0.717) is 6.42 Å². The second kappa shape index (κ2) is 7.01. The molecule has 0 radical (unpaired) electrons. The summed E-state index contributed by atoms with van der Waals surface area (Å²) >= 11 is 1.46. The zero-order valence-electron chi connectivity index (χ0n) is 12.4. The molecule has 3 nitrogen and oxygen atoms in total. The number of rotatable bonds is 3. The van der Waals surface area contributed by atoms with E-state index in [4.69, 9.17) is 0 Å². The molecule has 3 rings (SSSR count). The zero-order valence-corrected chi connectivity index (χ0v) is 13.2. The highest BCUT2D eigenvalue weighted by Crippen LogP contribution is 2.24. The summed E-state index contributed by atoms with van der Waals surface area (Å²) in [5.74, 6) is -0.118. The van der Waals surface area contributed by atoms with Crippen LogP contribution in [-0.2, 0) is 11.2 Å². The van der Waals surface area contributed by atoms with Crippen LogP contribution in [0.3, 0.4) is 0 Å². The lowest BCUT2D eigenvalue weighted by molar-refractivity contribution is -0.130. The zero-order chi connectivity index (χ0) is 15.4. The molecule has 1 saturated heterocycles. The minimum Gasteiger partial charge on any atom is -0.342 e. The molecule has 22 heavy (non-hydrogen) atoms. The van der Waals surface area contributed by atoms with Crippen molar-refractivity contribution in [2.24, 2.45) is 0 Å². The fourth-order valence-corrected chi connectivity index (χ4v) is 3.55. The Balaban J connectivity index is 1.67. The standard InChI is InChI=1S/C17H19FN2OS/c18-14-7-5-6-13(10-14)17-19-15(12-22-17)11-16(21)20-8-3-1-2-4-9-20/h5-7,10,12H,1-4,8-9,11H2. The van der Waals surface area contributed by atoms with Crippen LogP contribution in [0, 0.1) is 5.82 Å². The number of likely N-dealkylation sites (tertiary alicyclic amines) is 1. The van der Waals surface area contributed by atoms with E-state index >= 15 is 0 Å². The van der Waals surface area contributed by atoms with Crippen molar-refractivity contribution in [3.8, 4) is 10.6 Å². The fraction of sp³-hybridized carbons (Fsp3) is 0.412. The lowest BCUT2D eigenvalue weighted by Gasteiger charge is -2.19. The summed E-state index contributed by atoms with van der Waals surface area (Å²) in [5, 5.41) is 2.66. The maximum atomic E-state index is 13.3. The average molecular weight is 318 g/mol. The Hall–Kier alpha value is -1.75. The van der Waals surface area contributed by atoms with Gasteiger partial charge in [0.05, 0.1) is 12.1 Å². The average Bonchev–Trinajstić information content (AvgIpc) is 2.80. The van der Waals surface area contributed by atoms with Crippen molar-refractivity contribution in [2.75, 3.05) is 13.1 Å². The van der Waals surface area contributed by atoms with Crippen molar-refractivity contribution in [3.05, 3.63) is 41.2 Å². The molecule has 2 heterocycles. The minimum atomic E-state index is -0.269. The van der Waals surface area contributed by atoms with Crippen LogP contribution in [0.5, 0.6) is 0 Å². The number of thiazole rings is 1. The van der Waals surface area contributed by atoms with Crippen LogP contribution in [0.2, 0.25) is 0 Å². The molecule has 1 aliphatic rings. The van der Waals surface area contributed by atoms with Gasteiger partial charge < -0.3 is 4.90 Å². The number of hydrogen-bond donors (Lipinski definition) is 0. The highest BCUT2D eigenvalue weighted by atomic mass is 32.1. The number of carbonyl (C=O) groups is 1. The first-order valence-electron chi connectivity index (χ1n) is 7.70. The predicted molar refractivity (Wildman–Crippen MR) is 86.3 cm³/mol. The molecule has 0 saturated carbocycles. The molecule has 1 aromatic carbocycles. The van der Waals surface area contributed by atoms with Crippen molar-refractivity contribution in [1.29, 1.82) is 0 Å². The topological polar surface area (TPSA) is 33.2 Å². The van der Waals surface area contributed by atoms with Gasteiger partial charge in [0, 0.05) is 24.0 Å². The molecule has 116 valence electrons. The number of nitrogens with zero attached hydrogens (tertiary/aromatic N) is 2. The van der Waals surface area contributed by atoms with Gasteiger partial charge in [0.1, 0.15) is 10.8 Å². The molecule has 1 fully saturated rings. The first kappa shape index (κ1) is 15.2. The molecule has 0 aliphatic carbocycles. The quantitative estimate of drug-likeness (QED) is 0.860. The van der Waals surface area contributed by atoms with Crippen LogP contribution >= 0.6 is 11.3 Å². The van der Waals surface area contributed by atoms with Gasteiger partial charge in [0.2, 0.25) is 5.91 Å². The number of aromatic nitrogens is 1. The normalized spacial score (nSPS) is 15.6. The lowest BCUT2D eigenvalue weighted by Crippen LogP contribution is -2.33. The minimum absolute atomic E-state index is 0.151. The van der Waals surface area contributed by atoms with E-state index in [9.17, 15) is 9.18 Å². The first-order valence-corrected chi connectivity index (χ1v) is 8.58. The van der Waals surface area contributed by atoms with Crippen LogP contribution < -0.4 is 0 Å². The van der Waals surface area contributed by atoms with Crippen molar-refractivity contribution < 1.29 is 9.18 Å². The number of halogens is 1. The smallest absolute Gasteiger partial charge is 0.228 e. The lowest BCUT2D eigenvalue weighted by atomic mass is 10.2. The summed E-state index contributed by atoms with van der Waals surface area (Å²) < 4.78 is 13.3. The van der Waals surface area contributed by atoms with Gasteiger partial charge in [0.25, 0.3) is 0 Å². The summed E-state index contributed by atoms with van der Waals surface area (Å²) in [4.78, 5) is 18.8. The van der Waals surface area contributed by atoms with Crippen LogP contribution in [-0.4, -0.2) is 28.9 Å². The Morgan fingerprint density at radius 3 is 2.73 bits per heavy atom. The van der Waals surface area contributed by atoms with Crippen molar-refractivity contribution in [1.82, 2.24) is 9.88 Å². The summed E-state index contributed by atoms with van der Waals surface area (Å²) in [6.45, 7) is 1.72. The number of benzene rings is 1. The SMILES string of the molecule is O=C(Cc1csc(-c2cccc(F)c2)n1)N1CCCCCC1. The van der Waals surface area contributed by atoms with Crippen LogP contribution in [0.25, 0.3) is 10.6 Å². The molecule has 0 spiro atoms. The van der Waals surface area contributed by atoms with Gasteiger partial charge >= 0.3 is 0 Å². The third-order valence-corrected chi connectivity index (χ3v) is 4.85. The van der Waals surface area contributed by atoms with E-state index in [1.165, 1.54) is 36.3 Å². The van der Waals surface area contributed by atoms with Crippen molar-refractivity contribution in [2.45, 2.75) is 32.1 Å². The molecule has 1 aromatic heterocycles. The number of amides is 1. The Morgan fingerprint density at radius 1 is 1.23 bits per heavy atom. The maximum Gasteiger partial charge on any atom is 0.228 e. The van der Waals surface area contributed by atoms with Gasteiger partial charge in [-0.25, -0.2) is 9.37 Å². The second-order valence-electron chi connectivity index (χ2n) is 5.63. The van der Waals surface area contributed by atoms with Crippen LogP contribution in [0.15, 0.2) is 29.6 Å². The molecule has 0 unspecified atom stereocenters. The molecule has 5 heteroatoms. The number of hydrogen-bond acceptors (Lipinski definition) is 3. The summed E-state index contributed by atoms with van der Waals surface area (Å²) in [6.07, 6.45) is 4.95. The predicted octanol–water partition coefficient (Wildman–Crippen LogP) is 3.89. The van der Waals surface area contributed by atoms with Crippen LogP contribution in [0.1, 0.15) is 31.4 Å². The molecular weight excluding hydrogens is 299 g/mol. The van der Waals surface area contributed by atoms with E-state index in [-0.39, 0.29) is 11.7 Å². The van der Waals surface area contributed by atoms with E-state index < -0.39 is 0 Å². The highest BCUT2D eigenvalue weighted by Gasteiger charge is 2.17. The second-order valence-corrected chi connectivity index (χ2v) is 6.48. The molecule has 0 bridgehead atoms. The Labute approximate surface area is 133 Å². The van der Waals surface area contributed by atoms with E-state index in [0.717, 1.165) is 42.2 Å². The van der Waals surface area contributed by atoms with Crippen molar-refractivity contribution >= 4 is 17.2 Å². The van der Waals surface area contributed by atoms with Gasteiger partial charge in [-0.2, -0.15) is 0 Å². The van der Waals surface area contributed by atoms with Gasteiger partial charge in [-0.15, -0.1) is 11.3 Å². The summed E-state index contributed by atoms with van der Waals surface area (Å²) in [6, 6.07) is 6.40. The van der Waals surface area contributed by atoms with Gasteiger partial charge in [-0.1, -0.05) is 25.0 Å². The highest BCUT2D eigenvalue weighted by molar-refractivity contribution is 7.13. The third-order valence-electron chi connectivity index (χ3n) is 3.91. The molecular formula is C17H19FN2OS. The molecule has 1 amide bonds. The van der Waals surface area contributed by atoms with Gasteiger partial charge in [0.15, 0.2) is 0 Å². The summed E-state index contributed by atoms with van der Waals surface area (Å²) in [7, 11) is 0. The Kier molecular flexibility index (Phi) is 4.83. The van der Waals surface area contributed by atoms with Crippen molar-refractivity contribution in [3.63, 3.8) is 0 Å². The number of carbonyl (C=O) groups excluding carboxylic acids is 1. The van der Waals surface area contributed by atoms with Gasteiger partial charge in [-0.3, -0.25) is 4.79 Å². The molecule has 1 aliphatic heterocycles. The largest absolute Gasteiger partial charge is 0.342 e. The van der Waals surface area contributed by atoms with E-state index in [1.54, 1.807) is 6.07 Å². The molecule has 0 atom stereocenters. The monoisotopic (exact) mass is 318 g/mol. The molecule has 2 aromatic rings. The van der Waals surface area contributed by atoms with Crippen LogP contribution in [0.4, 0.5) is 4.39 Å². The molecule has 0 N–H and O–H groups in total.